The van der Waals surface area contributed by atoms with Crippen molar-refractivity contribution in [2.75, 3.05) is 45.5 Å². The van der Waals surface area contributed by atoms with Gasteiger partial charge in [-0.05, 0) is 32.1 Å². The van der Waals surface area contributed by atoms with Gasteiger partial charge in [0.1, 0.15) is 6.04 Å². The molecule has 0 spiro atoms. The summed E-state index contributed by atoms with van der Waals surface area (Å²) in [6.45, 7) is 3.31. The minimum atomic E-state index is -3.55. The lowest BCUT2D eigenvalue weighted by atomic mass is 9.96. The molecule has 3 rings (SSSR count). The van der Waals surface area contributed by atoms with Crippen molar-refractivity contribution in [1.29, 1.82) is 0 Å². The summed E-state index contributed by atoms with van der Waals surface area (Å²) < 4.78 is 55.8. The molecule has 3 aliphatic rings. The topological polar surface area (TPSA) is 98.3 Å². The molecule has 0 N–H and O–H groups in total. The van der Waals surface area contributed by atoms with E-state index in [9.17, 15) is 21.6 Å². The summed E-state index contributed by atoms with van der Waals surface area (Å²) >= 11 is 0. The number of amides is 1. The minimum absolute atomic E-state index is 0.0519. The maximum absolute atomic E-state index is 13.2. The van der Waals surface area contributed by atoms with Crippen LogP contribution in [0.25, 0.3) is 0 Å². The predicted molar refractivity (Wildman–Crippen MR) is 120 cm³/mol. The van der Waals surface area contributed by atoms with E-state index in [1.807, 2.05) is 6.92 Å². The van der Waals surface area contributed by atoms with Crippen LogP contribution in [0, 0.1) is 0 Å². The molecule has 0 aromatic carbocycles. The Labute approximate surface area is 188 Å². The zero-order valence-corrected chi connectivity index (χ0v) is 20.5. The highest BCUT2D eigenvalue weighted by Gasteiger charge is 2.40. The fraction of sp³-hybridized carbons (Fsp3) is 0.950. The third kappa shape index (κ3) is 5.61. The number of piperidine rings is 1. The first-order chi connectivity index (χ1) is 14.7. The fourth-order valence-electron chi connectivity index (χ4n) is 5.03. The van der Waals surface area contributed by atoms with Crippen LogP contribution in [0.2, 0.25) is 0 Å². The van der Waals surface area contributed by atoms with Gasteiger partial charge in [-0.1, -0.05) is 32.6 Å². The molecule has 0 bridgehead atoms. The Morgan fingerprint density at radius 1 is 0.871 bits per heavy atom. The van der Waals surface area contributed by atoms with Crippen LogP contribution in [0.4, 0.5) is 0 Å². The summed E-state index contributed by atoms with van der Waals surface area (Å²) in [5.41, 5.74) is 0. The highest BCUT2D eigenvalue weighted by molar-refractivity contribution is 7.89. The molecule has 31 heavy (non-hydrogen) atoms. The summed E-state index contributed by atoms with van der Waals surface area (Å²) in [4.78, 5) is 14.8. The molecule has 2 saturated heterocycles. The number of hydrogen-bond acceptors (Lipinski definition) is 5. The van der Waals surface area contributed by atoms with E-state index in [1.54, 1.807) is 11.9 Å². The van der Waals surface area contributed by atoms with Crippen LogP contribution >= 0.6 is 0 Å². The number of nitrogens with zero attached hydrogens (tertiary/aromatic N) is 4. The van der Waals surface area contributed by atoms with E-state index >= 15 is 0 Å². The zero-order chi connectivity index (χ0) is 22.6. The molecule has 0 radical (unpaired) electrons. The highest BCUT2D eigenvalue weighted by Crippen LogP contribution is 2.26. The van der Waals surface area contributed by atoms with Crippen molar-refractivity contribution >= 4 is 26.1 Å². The van der Waals surface area contributed by atoms with E-state index in [2.05, 4.69) is 0 Å². The molecule has 2 heterocycles. The molecule has 1 saturated carbocycles. The van der Waals surface area contributed by atoms with E-state index in [1.165, 1.54) is 12.9 Å². The largest absolute Gasteiger partial charge is 0.339 e. The second-order valence-corrected chi connectivity index (χ2v) is 13.0. The average Bonchev–Trinajstić information content (AvgIpc) is 2.78. The zero-order valence-electron chi connectivity index (χ0n) is 18.9. The van der Waals surface area contributed by atoms with Gasteiger partial charge in [0.2, 0.25) is 15.9 Å². The van der Waals surface area contributed by atoms with Crippen LogP contribution < -0.4 is 0 Å². The highest BCUT2D eigenvalue weighted by atomic mass is 32.2. The molecule has 1 atom stereocenters. The number of carbonyl (C=O) groups excluding carboxylic acids is 1. The minimum Gasteiger partial charge on any atom is -0.339 e. The van der Waals surface area contributed by atoms with Crippen molar-refractivity contribution in [3.63, 3.8) is 0 Å². The molecule has 1 amide bonds. The molecule has 11 heteroatoms. The monoisotopic (exact) mass is 478 g/mol. The smallest absolute Gasteiger partial charge is 0.282 e. The molecule has 1 aliphatic carbocycles. The Bertz CT molecular complexity index is 819. The van der Waals surface area contributed by atoms with Crippen molar-refractivity contribution in [3.05, 3.63) is 0 Å². The second-order valence-electron chi connectivity index (χ2n) is 8.98. The number of carbonyl (C=O) groups is 1. The molecule has 0 aromatic heterocycles. The standard InChI is InChI=1S/C20H38N4O5S2/c1-3-17-30(26,27)24-12-8-7-11-19(24)20(25)22-13-15-23(16-14-22)31(28,29)21(2)18-9-5-4-6-10-18/h18-19H,3-17H2,1-2H3. The maximum atomic E-state index is 13.2. The van der Waals surface area contributed by atoms with Crippen molar-refractivity contribution in [1.82, 2.24) is 17.8 Å². The van der Waals surface area contributed by atoms with Gasteiger partial charge in [-0.2, -0.15) is 21.3 Å². The van der Waals surface area contributed by atoms with Crippen LogP contribution in [-0.2, 0) is 25.0 Å². The third-order valence-electron chi connectivity index (χ3n) is 6.89. The lowest BCUT2D eigenvalue weighted by molar-refractivity contribution is -0.137. The number of piperazine rings is 1. The maximum Gasteiger partial charge on any atom is 0.282 e. The fourth-order valence-corrected chi connectivity index (χ4v) is 8.34. The van der Waals surface area contributed by atoms with Crippen molar-refractivity contribution in [3.8, 4) is 0 Å². The van der Waals surface area contributed by atoms with Gasteiger partial charge >= 0.3 is 0 Å². The summed E-state index contributed by atoms with van der Waals surface area (Å²) in [5.74, 6) is -0.131. The molecule has 9 nitrogen and oxygen atoms in total. The van der Waals surface area contributed by atoms with Crippen LogP contribution in [0.5, 0.6) is 0 Å². The van der Waals surface area contributed by atoms with E-state index < -0.39 is 26.3 Å². The molecule has 180 valence electrons. The average molecular weight is 479 g/mol. The number of rotatable bonds is 7. The van der Waals surface area contributed by atoms with Crippen LogP contribution in [0.3, 0.4) is 0 Å². The van der Waals surface area contributed by atoms with Gasteiger partial charge in [0.05, 0.1) is 5.75 Å². The summed E-state index contributed by atoms with van der Waals surface area (Å²) in [6, 6.07) is -0.601. The molecule has 2 aliphatic heterocycles. The Kier molecular flexibility index (Phi) is 8.39. The first-order valence-corrected chi connectivity index (χ1v) is 14.7. The van der Waals surface area contributed by atoms with Gasteiger partial charge < -0.3 is 4.90 Å². The molecule has 0 aromatic rings. The Morgan fingerprint density at radius 2 is 1.48 bits per heavy atom. The first-order valence-electron chi connectivity index (χ1n) is 11.7. The van der Waals surface area contributed by atoms with Crippen LogP contribution in [0.1, 0.15) is 64.7 Å². The quantitative estimate of drug-likeness (QED) is 0.548. The van der Waals surface area contributed by atoms with Gasteiger partial charge in [-0.15, -0.1) is 0 Å². The van der Waals surface area contributed by atoms with E-state index in [0.717, 1.165) is 44.9 Å². The number of hydrogen-bond donors (Lipinski definition) is 0. The molecule has 1 unspecified atom stereocenters. The third-order valence-corrected chi connectivity index (χ3v) is 11.0. The Hall–Kier alpha value is -0.750. The lowest BCUT2D eigenvalue weighted by Crippen LogP contribution is -2.59. The van der Waals surface area contributed by atoms with Gasteiger partial charge in [-0.25, -0.2) is 8.42 Å². The van der Waals surface area contributed by atoms with Crippen molar-refractivity contribution in [2.24, 2.45) is 0 Å². The summed E-state index contributed by atoms with van der Waals surface area (Å²) in [6.07, 6.45) is 7.74. The molecular formula is C20H38N4O5S2. The molecule has 3 fully saturated rings. The Balaban J connectivity index is 1.62. The SMILES string of the molecule is CCCS(=O)(=O)N1CCCCC1C(=O)N1CCN(S(=O)(=O)N(C)C2CCCCC2)CC1. The van der Waals surface area contributed by atoms with Gasteiger partial charge in [-0.3, -0.25) is 4.79 Å². The summed E-state index contributed by atoms with van der Waals surface area (Å²) in [5, 5.41) is 0. The van der Waals surface area contributed by atoms with Gasteiger partial charge in [0, 0.05) is 45.8 Å². The van der Waals surface area contributed by atoms with Crippen LogP contribution in [0.15, 0.2) is 0 Å². The van der Waals surface area contributed by atoms with Crippen molar-refractivity contribution in [2.45, 2.75) is 76.8 Å². The van der Waals surface area contributed by atoms with E-state index in [0.29, 0.717) is 32.5 Å². The lowest BCUT2D eigenvalue weighted by Gasteiger charge is -2.41. The van der Waals surface area contributed by atoms with E-state index in [-0.39, 0.29) is 30.8 Å². The molecular weight excluding hydrogens is 440 g/mol. The Morgan fingerprint density at radius 3 is 2.10 bits per heavy atom. The van der Waals surface area contributed by atoms with E-state index in [4.69, 9.17) is 0 Å². The second kappa shape index (κ2) is 10.5. The number of sulfonamides is 1. The normalized spacial score (nSPS) is 25.8. The van der Waals surface area contributed by atoms with Crippen molar-refractivity contribution < 1.29 is 21.6 Å². The van der Waals surface area contributed by atoms with Crippen LogP contribution in [-0.4, -0.2) is 98.2 Å². The van der Waals surface area contributed by atoms with Gasteiger partial charge in [0.25, 0.3) is 10.2 Å². The summed E-state index contributed by atoms with van der Waals surface area (Å²) in [7, 11) is -5.34. The van der Waals surface area contributed by atoms with Gasteiger partial charge in [0.15, 0.2) is 0 Å². The first kappa shape index (κ1) is 24.9. The predicted octanol–water partition coefficient (Wildman–Crippen LogP) is 1.23.